The Morgan fingerprint density at radius 1 is 1.78 bits per heavy atom. The van der Waals surface area contributed by atoms with Crippen molar-refractivity contribution in [3.05, 3.63) is 0 Å². The Hall–Kier alpha value is -0.0900. The molecule has 4 heteroatoms. The van der Waals surface area contributed by atoms with Crippen LogP contribution < -0.4 is 0 Å². The Morgan fingerprint density at radius 3 is 2.33 bits per heavy atom. The smallest absolute Gasteiger partial charge is 0.308 e. The van der Waals surface area contributed by atoms with E-state index in [0.29, 0.717) is 5.33 Å². The molecule has 0 radical (unpaired) electrons. The van der Waals surface area contributed by atoms with Crippen molar-refractivity contribution in [2.45, 2.75) is 13.0 Å². The van der Waals surface area contributed by atoms with Crippen LogP contribution in [0.1, 0.15) is 6.92 Å². The minimum absolute atomic E-state index is 0.306. The van der Waals surface area contributed by atoms with Gasteiger partial charge in [0.1, 0.15) is 0 Å². The predicted molar refractivity (Wildman–Crippen MR) is 36.6 cm³/mol. The zero-order valence-corrected chi connectivity index (χ0v) is 6.63. The van der Waals surface area contributed by atoms with Gasteiger partial charge in [0, 0.05) is 5.33 Å². The first-order valence-electron chi connectivity index (χ1n) is 2.56. The van der Waals surface area contributed by atoms with Gasteiger partial charge in [0.2, 0.25) is 0 Å². The Morgan fingerprint density at radius 2 is 2.22 bits per heavy atom. The molecule has 0 spiro atoms. The van der Waals surface area contributed by atoms with Gasteiger partial charge in [-0.05, 0) is 6.92 Å². The summed E-state index contributed by atoms with van der Waals surface area (Å²) >= 11 is 2.97. The van der Waals surface area contributed by atoms with Crippen LogP contribution in [-0.2, 0) is 4.79 Å². The van der Waals surface area contributed by atoms with E-state index >= 15 is 0 Å². The summed E-state index contributed by atoms with van der Waals surface area (Å²) in [5.74, 6) is -1.66. The molecule has 0 aromatic heterocycles. The van der Waals surface area contributed by atoms with Gasteiger partial charge in [-0.15, -0.1) is 0 Å². The van der Waals surface area contributed by atoms with Gasteiger partial charge in [0.15, 0.2) is 0 Å². The molecule has 0 saturated carbocycles. The largest absolute Gasteiger partial charge is 0.481 e. The summed E-state index contributed by atoms with van der Waals surface area (Å²) in [5, 5.41) is 17.5. The number of rotatable bonds is 3. The number of halogens is 1. The van der Waals surface area contributed by atoms with Gasteiger partial charge in [0.05, 0.1) is 12.0 Å². The quantitative estimate of drug-likeness (QED) is 0.646. The number of carboxylic acids is 1. The first-order valence-corrected chi connectivity index (χ1v) is 3.68. The summed E-state index contributed by atoms with van der Waals surface area (Å²) in [6.07, 6.45) is -0.789. The van der Waals surface area contributed by atoms with E-state index in [0.717, 1.165) is 0 Å². The lowest BCUT2D eigenvalue weighted by Crippen LogP contribution is -2.26. The van der Waals surface area contributed by atoms with Gasteiger partial charge < -0.3 is 10.2 Å². The highest BCUT2D eigenvalue weighted by atomic mass is 79.9. The van der Waals surface area contributed by atoms with E-state index < -0.39 is 18.0 Å². The highest BCUT2D eigenvalue weighted by Crippen LogP contribution is 2.04. The summed E-state index contributed by atoms with van der Waals surface area (Å²) < 4.78 is 0. The molecule has 0 aliphatic heterocycles. The van der Waals surface area contributed by atoms with Gasteiger partial charge in [-0.3, -0.25) is 4.79 Å². The fraction of sp³-hybridized carbons (Fsp3) is 0.800. The third-order valence-corrected chi connectivity index (χ3v) is 1.79. The molecule has 54 valence electrons. The molecule has 0 aromatic carbocycles. The lowest BCUT2D eigenvalue weighted by molar-refractivity contribution is -0.144. The molecule has 0 amide bonds. The highest BCUT2D eigenvalue weighted by Gasteiger charge is 2.19. The van der Waals surface area contributed by atoms with Crippen molar-refractivity contribution >= 4 is 21.9 Å². The molecule has 2 N–H and O–H groups in total. The maximum absolute atomic E-state index is 10.1. The number of hydrogen-bond donors (Lipinski definition) is 2. The molecule has 0 saturated heterocycles. The molecule has 0 heterocycles. The van der Waals surface area contributed by atoms with Crippen molar-refractivity contribution in [3.63, 3.8) is 0 Å². The molecule has 0 aliphatic carbocycles. The van der Waals surface area contributed by atoms with Crippen LogP contribution in [-0.4, -0.2) is 27.6 Å². The second-order valence-corrected chi connectivity index (χ2v) is 2.50. The topological polar surface area (TPSA) is 57.5 Å². The van der Waals surface area contributed by atoms with E-state index in [1.165, 1.54) is 6.92 Å². The Kier molecular flexibility index (Phi) is 3.81. The lowest BCUT2D eigenvalue weighted by Gasteiger charge is -2.10. The normalized spacial score (nSPS) is 16.8. The molecule has 0 rings (SSSR count). The first-order chi connectivity index (χ1) is 4.09. The van der Waals surface area contributed by atoms with Crippen molar-refractivity contribution in [2.75, 3.05) is 5.33 Å². The van der Waals surface area contributed by atoms with Crippen LogP contribution in [0.5, 0.6) is 0 Å². The van der Waals surface area contributed by atoms with Crippen LogP contribution in [0, 0.1) is 5.92 Å². The zero-order chi connectivity index (χ0) is 7.44. The van der Waals surface area contributed by atoms with Crippen LogP contribution in [0.25, 0.3) is 0 Å². The second kappa shape index (κ2) is 3.85. The van der Waals surface area contributed by atoms with Gasteiger partial charge in [-0.2, -0.15) is 0 Å². The third kappa shape index (κ3) is 2.81. The molecule has 0 fully saturated rings. The molecule has 2 unspecified atom stereocenters. The molecule has 2 atom stereocenters. The van der Waals surface area contributed by atoms with Gasteiger partial charge in [-0.1, -0.05) is 15.9 Å². The SMILES string of the molecule is CC(C(=O)O)C(O)CBr. The van der Waals surface area contributed by atoms with Crippen LogP contribution in [0.15, 0.2) is 0 Å². The second-order valence-electron chi connectivity index (χ2n) is 1.85. The number of aliphatic hydroxyl groups excluding tert-OH is 1. The Bertz CT molecular complexity index is 104. The average Bonchev–Trinajstić information content (AvgIpc) is 1.84. The van der Waals surface area contributed by atoms with E-state index in [-0.39, 0.29) is 0 Å². The number of carboxylic acid groups (broad SMARTS) is 1. The van der Waals surface area contributed by atoms with Crippen LogP contribution in [0.2, 0.25) is 0 Å². The van der Waals surface area contributed by atoms with E-state index in [2.05, 4.69) is 15.9 Å². The standard InChI is InChI=1S/C5H9BrO3/c1-3(5(8)9)4(7)2-6/h3-4,7H,2H2,1H3,(H,8,9). The van der Waals surface area contributed by atoms with Crippen molar-refractivity contribution in [1.82, 2.24) is 0 Å². The monoisotopic (exact) mass is 196 g/mol. The van der Waals surface area contributed by atoms with Crippen molar-refractivity contribution < 1.29 is 15.0 Å². The third-order valence-electron chi connectivity index (χ3n) is 1.12. The van der Waals surface area contributed by atoms with Crippen LogP contribution in [0.3, 0.4) is 0 Å². The average molecular weight is 197 g/mol. The fourth-order valence-corrected chi connectivity index (χ4v) is 0.859. The van der Waals surface area contributed by atoms with Crippen molar-refractivity contribution in [2.24, 2.45) is 5.92 Å². The highest BCUT2D eigenvalue weighted by molar-refractivity contribution is 9.09. The number of alkyl halides is 1. The van der Waals surface area contributed by atoms with E-state index in [1.807, 2.05) is 0 Å². The molecular weight excluding hydrogens is 188 g/mol. The number of hydrogen-bond acceptors (Lipinski definition) is 2. The summed E-state index contributed by atoms with van der Waals surface area (Å²) in [6.45, 7) is 1.47. The Labute approximate surface area is 61.8 Å². The maximum Gasteiger partial charge on any atom is 0.308 e. The maximum atomic E-state index is 10.1. The first kappa shape index (κ1) is 8.91. The summed E-state index contributed by atoms with van der Waals surface area (Å²) in [4.78, 5) is 10.1. The van der Waals surface area contributed by atoms with Crippen LogP contribution >= 0.6 is 15.9 Å². The van der Waals surface area contributed by atoms with Crippen LogP contribution in [0.4, 0.5) is 0 Å². The number of aliphatic hydroxyl groups is 1. The molecule has 0 aliphatic rings. The van der Waals surface area contributed by atoms with Crippen molar-refractivity contribution in [1.29, 1.82) is 0 Å². The van der Waals surface area contributed by atoms with E-state index in [1.54, 1.807) is 0 Å². The minimum atomic E-state index is -0.970. The van der Waals surface area contributed by atoms with Crippen molar-refractivity contribution in [3.8, 4) is 0 Å². The molecule has 3 nitrogen and oxygen atoms in total. The number of aliphatic carboxylic acids is 1. The molecule has 0 aromatic rings. The molecule has 9 heavy (non-hydrogen) atoms. The fourth-order valence-electron chi connectivity index (χ4n) is 0.298. The lowest BCUT2D eigenvalue weighted by atomic mass is 10.1. The molecule has 0 bridgehead atoms. The minimum Gasteiger partial charge on any atom is -0.481 e. The van der Waals surface area contributed by atoms with E-state index in [9.17, 15) is 4.79 Å². The summed E-state index contributed by atoms with van der Waals surface area (Å²) in [6, 6.07) is 0. The van der Waals surface area contributed by atoms with E-state index in [4.69, 9.17) is 10.2 Å². The summed E-state index contributed by atoms with van der Waals surface area (Å²) in [5.41, 5.74) is 0. The van der Waals surface area contributed by atoms with Gasteiger partial charge in [-0.25, -0.2) is 0 Å². The predicted octanol–water partition coefficient (Wildman–Crippen LogP) is 0.463. The summed E-state index contributed by atoms with van der Waals surface area (Å²) in [7, 11) is 0. The number of carbonyl (C=O) groups is 1. The van der Waals surface area contributed by atoms with Gasteiger partial charge >= 0.3 is 5.97 Å². The Balaban J connectivity index is 3.72. The zero-order valence-electron chi connectivity index (χ0n) is 5.04. The van der Waals surface area contributed by atoms with Gasteiger partial charge in [0.25, 0.3) is 0 Å². The molecular formula is C5H9BrO3.